The van der Waals surface area contributed by atoms with Crippen molar-refractivity contribution in [2.24, 2.45) is 0 Å². The first kappa shape index (κ1) is 7.76. The van der Waals surface area contributed by atoms with Crippen molar-refractivity contribution >= 4 is 39.7 Å². The molecule has 0 spiro atoms. The molecule has 0 saturated carbocycles. The molecule has 0 aliphatic rings. The molecule has 0 amide bonds. The van der Waals surface area contributed by atoms with Gasteiger partial charge in [0.25, 0.3) is 0 Å². The molecule has 3 N–H and O–H groups in total. The van der Waals surface area contributed by atoms with Crippen LogP contribution in [0.5, 0.6) is 5.06 Å². The normalized spacial score (nSPS) is 10.8. The van der Waals surface area contributed by atoms with Crippen molar-refractivity contribution < 1.29 is 5.11 Å². The smallest absolute Gasteiger partial charge is 0.196 e. The second-order valence-corrected chi connectivity index (χ2v) is 4.05. The lowest BCUT2D eigenvalue weighted by Crippen LogP contribution is -1.80. The molecule has 0 unspecified atom stereocenters. The molecule has 0 saturated heterocycles. The predicted octanol–water partition coefficient (Wildman–Crippen LogP) is 2.48. The SMILES string of the molecule is Nc1c(O)sc2ccc(S)cc12. The van der Waals surface area contributed by atoms with E-state index in [4.69, 9.17) is 5.73 Å². The molecule has 62 valence electrons. The van der Waals surface area contributed by atoms with Crippen LogP contribution in [0, 0.1) is 0 Å². The van der Waals surface area contributed by atoms with Crippen LogP contribution in [-0.2, 0) is 0 Å². The number of hydrogen-bond acceptors (Lipinski definition) is 4. The predicted molar refractivity (Wildman–Crippen MR) is 55.2 cm³/mol. The number of benzene rings is 1. The number of anilines is 1. The summed E-state index contributed by atoms with van der Waals surface area (Å²) >= 11 is 5.47. The van der Waals surface area contributed by atoms with Crippen LogP contribution in [0.25, 0.3) is 10.1 Å². The Hall–Kier alpha value is -0.870. The number of nitrogens with two attached hydrogens (primary N) is 1. The van der Waals surface area contributed by atoms with Crippen LogP contribution in [-0.4, -0.2) is 5.11 Å². The van der Waals surface area contributed by atoms with Gasteiger partial charge in [-0.3, -0.25) is 0 Å². The number of thiol groups is 1. The van der Waals surface area contributed by atoms with Crippen molar-refractivity contribution in [3.63, 3.8) is 0 Å². The Morgan fingerprint density at radius 3 is 2.92 bits per heavy atom. The standard InChI is InChI=1S/C8H7NOS2/c9-7-5-3-4(11)1-2-6(5)12-8(7)10/h1-3,10-11H,9H2. The van der Waals surface area contributed by atoms with Gasteiger partial charge in [0.1, 0.15) is 0 Å². The summed E-state index contributed by atoms with van der Waals surface area (Å²) in [5, 5.41) is 10.4. The first-order valence-electron chi connectivity index (χ1n) is 3.38. The van der Waals surface area contributed by atoms with Crippen LogP contribution in [0.15, 0.2) is 23.1 Å². The average molecular weight is 197 g/mol. The van der Waals surface area contributed by atoms with E-state index in [0.717, 1.165) is 15.0 Å². The monoisotopic (exact) mass is 197 g/mol. The molecule has 0 aliphatic heterocycles. The molecule has 1 aromatic heterocycles. The van der Waals surface area contributed by atoms with Crippen molar-refractivity contribution in [2.45, 2.75) is 4.90 Å². The van der Waals surface area contributed by atoms with Crippen LogP contribution in [0.2, 0.25) is 0 Å². The molecule has 2 aromatic rings. The third-order valence-electron chi connectivity index (χ3n) is 1.69. The van der Waals surface area contributed by atoms with Crippen molar-refractivity contribution in [1.29, 1.82) is 0 Å². The van der Waals surface area contributed by atoms with Gasteiger partial charge >= 0.3 is 0 Å². The second kappa shape index (κ2) is 2.57. The zero-order valence-electron chi connectivity index (χ0n) is 6.11. The van der Waals surface area contributed by atoms with Crippen molar-refractivity contribution in [1.82, 2.24) is 0 Å². The number of aromatic hydroxyl groups is 1. The minimum atomic E-state index is 0.184. The van der Waals surface area contributed by atoms with Gasteiger partial charge < -0.3 is 10.8 Å². The molecule has 1 aromatic carbocycles. The lowest BCUT2D eigenvalue weighted by atomic mass is 10.2. The van der Waals surface area contributed by atoms with Crippen LogP contribution >= 0.6 is 24.0 Å². The van der Waals surface area contributed by atoms with E-state index in [1.807, 2.05) is 18.2 Å². The summed E-state index contributed by atoms with van der Waals surface area (Å²) in [6.07, 6.45) is 0. The average Bonchev–Trinajstić information content (AvgIpc) is 2.31. The Kier molecular flexibility index (Phi) is 1.66. The molecular formula is C8H7NOS2. The summed E-state index contributed by atoms with van der Waals surface area (Å²) in [5.41, 5.74) is 6.08. The Morgan fingerprint density at radius 1 is 1.42 bits per heavy atom. The van der Waals surface area contributed by atoms with Gasteiger partial charge in [-0.05, 0) is 18.2 Å². The van der Waals surface area contributed by atoms with Crippen LogP contribution < -0.4 is 5.73 Å². The Labute approximate surface area is 79.0 Å². The Bertz CT molecular complexity index is 436. The molecule has 2 rings (SSSR count). The fraction of sp³-hybridized carbons (Fsp3) is 0. The van der Waals surface area contributed by atoms with Gasteiger partial charge in [-0.15, -0.1) is 12.6 Å². The minimum absolute atomic E-state index is 0.184. The van der Waals surface area contributed by atoms with Crippen molar-refractivity contribution in [2.75, 3.05) is 5.73 Å². The van der Waals surface area contributed by atoms with Gasteiger partial charge in [0.05, 0.1) is 5.69 Å². The van der Waals surface area contributed by atoms with Gasteiger partial charge in [0, 0.05) is 15.0 Å². The van der Waals surface area contributed by atoms with E-state index in [-0.39, 0.29) is 5.06 Å². The van der Waals surface area contributed by atoms with E-state index in [1.54, 1.807) is 0 Å². The van der Waals surface area contributed by atoms with Crippen LogP contribution in [0.1, 0.15) is 0 Å². The molecule has 0 fully saturated rings. The number of fused-ring (bicyclic) bond motifs is 1. The molecular weight excluding hydrogens is 190 g/mol. The van der Waals surface area contributed by atoms with Crippen molar-refractivity contribution in [3.8, 4) is 5.06 Å². The third-order valence-corrected chi connectivity index (χ3v) is 2.96. The summed E-state index contributed by atoms with van der Waals surface area (Å²) < 4.78 is 0.989. The molecule has 1 heterocycles. The maximum absolute atomic E-state index is 9.30. The maximum atomic E-state index is 9.30. The van der Waals surface area contributed by atoms with Crippen molar-refractivity contribution in [3.05, 3.63) is 18.2 Å². The lowest BCUT2D eigenvalue weighted by Gasteiger charge is -1.92. The van der Waals surface area contributed by atoms with Gasteiger partial charge in [-0.1, -0.05) is 11.3 Å². The van der Waals surface area contributed by atoms with Gasteiger partial charge in [0.15, 0.2) is 5.06 Å². The summed E-state index contributed by atoms with van der Waals surface area (Å²) in [7, 11) is 0. The van der Waals surface area contributed by atoms with Gasteiger partial charge in [-0.2, -0.15) is 0 Å². The van der Waals surface area contributed by atoms with E-state index in [1.165, 1.54) is 11.3 Å². The topological polar surface area (TPSA) is 46.2 Å². The van der Waals surface area contributed by atoms with E-state index in [0.29, 0.717) is 5.69 Å². The highest BCUT2D eigenvalue weighted by atomic mass is 32.1. The van der Waals surface area contributed by atoms with E-state index >= 15 is 0 Å². The molecule has 0 bridgehead atoms. The summed E-state index contributed by atoms with van der Waals surface area (Å²) in [6.45, 7) is 0. The zero-order chi connectivity index (χ0) is 8.72. The zero-order valence-corrected chi connectivity index (χ0v) is 7.82. The largest absolute Gasteiger partial charge is 0.498 e. The highest BCUT2D eigenvalue weighted by Gasteiger charge is 2.06. The molecule has 0 radical (unpaired) electrons. The molecule has 0 atom stereocenters. The third kappa shape index (κ3) is 1.04. The number of thiophene rings is 1. The fourth-order valence-corrected chi connectivity index (χ4v) is 2.14. The van der Waals surface area contributed by atoms with E-state index < -0.39 is 0 Å². The number of hydrogen-bond donors (Lipinski definition) is 3. The molecule has 2 nitrogen and oxygen atoms in total. The van der Waals surface area contributed by atoms with Gasteiger partial charge in [-0.25, -0.2) is 0 Å². The molecule has 4 heteroatoms. The fourth-order valence-electron chi connectivity index (χ4n) is 1.09. The molecule has 12 heavy (non-hydrogen) atoms. The number of nitrogen functional groups attached to an aromatic ring is 1. The summed E-state index contributed by atoms with van der Waals surface area (Å²) in [6, 6.07) is 5.63. The first-order chi connectivity index (χ1) is 5.68. The highest BCUT2D eigenvalue weighted by Crippen LogP contribution is 2.39. The van der Waals surface area contributed by atoms with E-state index in [9.17, 15) is 5.11 Å². The quantitative estimate of drug-likeness (QED) is 0.568. The number of rotatable bonds is 0. The maximum Gasteiger partial charge on any atom is 0.196 e. The minimum Gasteiger partial charge on any atom is -0.498 e. The Balaban J connectivity index is 2.88. The van der Waals surface area contributed by atoms with E-state index in [2.05, 4.69) is 12.6 Å². The van der Waals surface area contributed by atoms with Gasteiger partial charge in [0.2, 0.25) is 0 Å². The second-order valence-electron chi connectivity index (χ2n) is 2.50. The summed E-state index contributed by atoms with van der Waals surface area (Å²) in [4.78, 5) is 0.854. The lowest BCUT2D eigenvalue weighted by molar-refractivity contribution is 0.493. The first-order valence-corrected chi connectivity index (χ1v) is 4.65. The van der Waals surface area contributed by atoms with Crippen LogP contribution in [0.4, 0.5) is 5.69 Å². The summed E-state index contributed by atoms with van der Waals surface area (Å²) in [5.74, 6) is 0. The van der Waals surface area contributed by atoms with Crippen LogP contribution in [0.3, 0.4) is 0 Å². The highest BCUT2D eigenvalue weighted by molar-refractivity contribution is 7.80. The molecule has 0 aliphatic carbocycles. The Morgan fingerprint density at radius 2 is 2.17 bits per heavy atom.